The minimum atomic E-state index is -0.0911. The molecule has 4 rings (SSSR count). The highest BCUT2D eigenvalue weighted by atomic mass is 35.5. The van der Waals surface area contributed by atoms with Crippen LogP contribution in [0.15, 0.2) is 65.3 Å². The van der Waals surface area contributed by atoms with Crippen molar-refractivity contribution in [1.82, 2.24) is 5.32 Å². The maximum atomic E-state index is 12.4. The Bertz CT molecular complexity index is 1120. The van der Waals surface area contributed by atoms with E-state index in [1.54, 1.807) is 18.4 Å². The minimum Gasteiger partial charge on any atom is -0.464 e. The maximum absolute atomic E-state index is 12.4. The molecule has 0 bridgehead atoms. The van der Waals surface area contributed by atoms with E-state index in [1.165, 1.54) is 0 Å². The zero-order valence-electron chi connectivity index (χ0n) is 13.8. The van der Waals surface area contributed by atoms with Crippen LogP contribution in [0.4, 0.5) is 0 Å². The van der Waals surface area contributed by atoms with E-state index in [1.807, 2.05) is 42.5 Å². The number of hydrogen-bond acceptors (Lipinski definition) is 2. The fraction of sp³-hybridized carbons (Fsp3) is 0.0952. The molecule has 0 fully saturated rings. The molecule has 1 heterocycles. The number of rotatable bonds is 4. The van der Waals surface area contributed by atoms with E-state index in [0.717, 1.165) is 32.9 Å². The van der Waals surface area contributed by atoms with Gasteiger partial charge in [0.2, 0.25) is 5.91 Å². The molecule has 0 radical (unpaired) electrons. The Morgan fingerprint density at radius 1 is 1.00 bits per heavy atom. The third-order valence-electron chi connectivity index (χ3n) is 4.38. The van der Waals surface area contributed by atoms with Crippen molar-refractivity contribution in [3.63, 3.8) is 0 Å². The van der Waals surface area contributed by atoms with Crippen LogP contribution in [-0.2, 0) is 17.8 Å². The van der Waals surface area contributed by atoms with Gasteiger partial charge in [-0.05, 0) is 34.5 Å². The summed E-state index contributed by atoms with van der Waals surface area (Å²) in [7, 11) is 0. The highest BCUT2D eigenvalue weighted by Gasteiger charge is 2.13. The van der Waals surface area contributed by atoms with E-state index in [9.17, 15) is 4.79 Å². The molecule has 0 atom stereocenters. The third kappa shape index (κ3) is 3.28. The fourth-order valence-corrected chi connectivity index (χ4v) is 3.57. The molecule has 5 heteroatoms. The Morgan fingerprint density at radius 2 is 1.85 bits per heavy atom. The Morgan fingerprint density at radius 3 is 2.69 bits per heavy atom. The molecule has 1 amide bonds. The summed E-state index contributed by atoms with van der Waals surface area (Å²) in [6.07, 6.45) is 1.90. The first-order valence-electron chi connectivity index (χ1n) is 8.20. The second-order valence-electron chi connectivity index (χ2n) is 6.11. The molecule has 0 aliphatic heterocycles. The second kappa shape index (κ2) is 7.02. The highest BCUT2D eigenvalue weighted by molar-refractivity contribution is 6.35. The Kier molecular flexibility index (Phi) is 4.58. The topological polar surface area (TPSA) is 42.2 Å². The number of hydrogen-bond donors (Lipinski definition) is 1. The van der Waals surface area contributed by atoms with E-state index in [0.29, 0.717) is 16.6 Å². The van der Waals surface area contributed by atoms with Gasteiger partial charge in [-0.2, -0.15) is 0 Å². The molecule has 0 spiro atoms. The molecule has 0 unspecified atom stereocenters. The zero-order chi connectivity index (χ0) is 18.1. The van der Waals surface area contributed by atoms with Crippen molar-refractivity contribution in [3.8, 4) is 0 Å². The van der Waals surface area contributed by atoms with Crippen LogP contribution < -0.4 is 5.32 Å². The van der Waals surface area contributed by atoms with Gasteiger partial charge < -0.3 is 9.73 Å². The van der Waals surface area contributed by atoms with Crippen molar-refractivity contribution in [2.45, 2.75) is 13.0 Å². The van der Waals surface area contributed by atoms with E-state index in [-0.39, 0.29) is 12.3 Å². The summed E-state index contributed by atoms with van der Waals surface area (Å²) in [5, 5.41) is 7.21. The molecule has 130 valence electrons. The fourth-order valence-electron chi connectivity index (χ4n) is 3.10. The van der Waals surface area contributed by atoms with Crippen LogP contribution in [0.1, 0.15) is 11.1 Å². The molecule has 26 heavy (non-hydrogen) atoms. The molecule has 1 aromatic heterocycles. The standard InChI is InChI=1S/C21H15Cl2NO2/c22-16-7-5-14(18(23)10-16)11-24-20(25)9-15-12-26-19-8-6-13-3-1-2-4-17(13)21(15)19/h1-8,10,12H,9,11H2,(H,24,25). The molecular weight excluding hydrogens is 369 g/mol. The number of carbonyl (C=O) groups is 1. The Hall–Kier alpha value is -2.49. The molecule has 1 N–H and O–H groups in total. The van der Waals surface area contributed by atoms with E-state index in [2.05, 4.69) is 5.32 Å². The number of benzene rings is 3. The van der Waals surface area contributed by atoms with Crippen molar-refractivity contribution in [1.29, 1.82) is 0 Å². The van der Waals surface area contributed by atoms with Crippen LogP contribution >= 0.6 is 23.2 Å². The van der Waals surface area contributed by atoms with Crippen LogP contribution in [0.3, 0.4) is 0 Å². The normalized spacial score (nSPS) is 11.2. The molecule has 0 saturated carbocycles. The van der Waals surface area contributed by atoms with Crippen LogP contribution in [0.2, 0.25) is 10.0 Å². The average molecular weight is 384 g/mol. The third-order valence-corrected chi connectivity index (χ3v) is 4.97. The zero-order valence-corrected chi connectivity index (χ0v) is 15.3. The molecule has 4 aromatic rings. The van der Waals surface area contributed by atoms with Gasteiger partial charge in [0.05, 0.1) is 12.7 Å². The van der Waals surface area contributed by atoms with Gasteiger partial charge in [0.15, 0.2) is 0 Å². The lowest BCUT2D eigenvalue weighted by Crippen LogP contribution is -2.24. The van der Waals surface area contributed by atoms with Gasteiger partial charge >= 0.3 is 0 Å². The van der Waals surface area contributed by atoms with Crippen molar-refractivity contribution in [2.75, 3.05) is 0 Å². The summed E-state index contributed by atoms with van der Waals surface area (Å²) in [5.74, 6) is -0.0911. The monoisotopic (exact) mass is 383 g/mol. The van der Waals surface area contributed by atoms with E-state index < -0.39 is 0 Å². The summed E-state index contributed by atoms with van der Waals surface area (Å²) in [6.45, 7) is 0.353. The first-order valence-corrected chi connectivity index (χ1v) is 8.96. The van der Waals surface area contributed by atoms with Crippen molar-refractivity contribution < 1.29 is 9.21 Å². The molecule has 0 saturated heterocycles. The van der Waals surface area contributed by atoms with Crippen LogP contribution in [0.5, 0.6) is 0 Å². The quantitative estimate of drug-likeness (QED) is 0.487. The first kappa shape index (κ1) is 17.0. The van der Waals surface area contributed by atoms with Gasteiger partial charge in [-0.3, -0.25) is 4.79 Å². The van der Waals surface area contributed by atoms with E-state index >= 15 is 0 Å². The van der Waals surface area contributed by atoms with Crippen LogP contribution in [0, 0.1) is 0 Å². The van der Waals surface area contributed by atoms with Gasteiger partial charge in [0.1, 0.15) is 5.58 Å². The minimum absolute atomic E-state index is 0.0911. The molecule has 0 aliphatic rings. The lowest BCUT2D eigenvalue weighted by Gasteiger charge is -2.07. The van der Waals surface area contributed by atoms with Crippen molar-refractivity contribution in [2.24, 2.45) is 0 Å². The van der Waals surface area contributed by atoms with Gasteiger partial charge in [-0.15, -0.1) is 0 Å². The number of nitrogens with one attached hydrogen (secondary N) is 1. The summed E-state index contributed by atoms with van der Waals surface area (Å²) in [4.78, 5) is 12.4. The summed E-state index contributed by atoms with van der Waals surface area (Å²) >= 11 is 12.0. The molecule has 3 nitrogen and oxygen atoms in total. The van der Waals surface area contributed by atoms with Gasteiger partial charge in [0.25, 0.3) is 0 Å². The first-order chi connectivity index (χ1) is 12.6. The largest absolute Gasteiger partial charge is 0.464 e. The Balaban J connectivity index is 1.55. The summed E-state index contributed by atoms with van der Waals surface area (Å²) in [6, 6.07) is 17.3. The smallest absolute Gasteiger partial charge is 0.224 e. The lowest BCUT2D eigenvalue weighted by molar-refractivity contribution is -0.120. The molecular formula is C21H15Cl2NO2. The van der Waals surface area contributed by atoms with Crippen LogP contribution in [0.25, 0.3) is 21.7 Å². The summed E-state index contributed by atoms with van der Waals surface area (Å²) < 4.78 is 5.64. The van der Waals surface area contributed by atoms with Crippen molar-refractivity contribution in [3.05, 3.63) is 82.0 Å². The number of fused-ring (bicyclic) bond motifs is 3. The van der Waals surface area contributed by atoms with Gasteiger partial charge in [-0.25, -0.2) is 0 Å². The maximum Gasteiger partial charge on any atom is 0.224 e. The molecule has 0 aliphatic carbocycles. The highest BCUT2D eigenvalue weighted by Crippen LogP contribution is 2.30. The summed E-state index contributed by atoms with van der Waals surface area (Å²) in [5.41, 5.74) is 2.48. The lowest BCUT2D eigenvalue weighted by atomic mass is 10.0. The predicted molar refractivity (Wildman–Crippen MR) is 106 cm³/mol. The van der Waals surface area contributed by atoms with Crippen LogP contribution in [-0.4, -0.2) is 5.91 Å². The van der Waals surface area contributed by atoms with Gasteiger partial charge in [0, 0.05) is 27.5 Å². The predicted octanol–water partition coefficient (Wildman–Crippen LogP) is 5.75. The second-order valence-corrected chi connectivity index (χ2v) is 6.95. The number of furan rings is 1. The molecule has 3 aromatic carbocycles. The number of halogens is 2. The number of carbonyl (C=O) groups excluding carboxylic acids is 1. The SMILES string of the molecule is O=C(Cc1coc2ccc3ccccc3c12)NCc1ccc(Cl)cc1Cl. The van der Waals surface area contributed by atoms with Crippen molar-refractivity contribution >= 4 is 50.9 Å². The van der Waals surface area contributed by atoms with Gasteiger partial charge in [-0.1, -0.05) is 59.6 Å². The average Bonchev–Trinajstić information content (AvgIpc) is 3.04. The number of amides is 1. The van der Waals surface area contributed by atoms with E-state index in [4.69, 9.17) is 27.6 Å². The Labute approximate surface area is 160 Å².